The van der Waals surface area contributed by atoms with E-state index in [9.17, 15) is 4.39 Å². The summed E-state index contributed by atoms with van der Waals surface area (Å²) in [7, 11) is 0. The lowest BCUT2D eigenvalue weighted by Gasteiger charge is -2.31. The molecule has 13 heavy (non-hydrogen) atoms. The van der Waals surface area contributed by atoms with Crippen molar-refractivity contribution in [1.82, 2.24) is 5.32 Å². The molecule has 1 nitrogen and oxygen atoms in total. The van der Waals surface area contributed by atoms with Crippen LogP contribution < -0.4 is 5.32 Å². The third-order valence-corrected chi connectivity index (χ3v) is 3.24. The number of halogens is 1. The van der Waals surface area contributed by atoms with Crippen LogP contribution in [0.5, 0.6) is 0 Å². The summed E-state index contributed by atoms with van der Waals surface area (Å²) in [5.74, 6) is 1.73. The van der Waals surface area contributed by atoms with Gasteiger partial charge in [0.05, 0.1) is 0 Å². The van der Waals surface area contributed by atoms with Gasteiger partial charge < -0.3 is 5.32 Å². The third-order valence-electron chi connectivity index (χ3n) is 3.24. The molecule has 0 aromatic heterocycles. The van der Waals surface area contributed by atoms with Gasteiger partial charge >= 0.3 is 0 Å². The molecule has 1 aliphatic rings. The molecule has 2 heteroatoms. The molecule has 0 aromatic rings. The van der Waals surface area contributed by atoms with Crippen molar-refractivity contribution < 1.29 is 4.39 Å². The van der Waals surface area contributed by atoms with E-state index in [-0.39, 0.29) is 6.67 Å². The minimum Gasteiger partial charge on any atom is -0.311 e. The predicted octanol–water partition coefficient (Wildman–Crippen LogP) is 2.76. The topological polar surface area (TPSA) is 12.0 Å². The summed E-state index contributed by atoms with van der Waals surface area (Å²) < 4.78 is 11.9. The SMILES string of the molecule is CC(C)C1CCC(NCCF)CC1. The van der Waals surface area contributed by atoms with Gasteiger partial charge in [-0.05, 0) is 37.5 Å². The molecule has 0 amide bonds. The second kappa shape index (κ2) is 5.58. The van der Waals surface area contributed by atoms with Crippen LogP contribution in [0.25, 0.3) is 0 Å². The van der Waals surface area contributed by atoms with Crippen LogP contribution in [0.1, 0.15) is 39.5 Å². The molecule has 1 rings (SSSR count). The lowest BCUT2D eigenvalue weighted by atomic mass is 9.80. The highest BCUT2D eigenvalue weighted by Gasteiger charge is 2.22. The number of nitrogens with one attached hydrogen (secondary N) is 1. The lowest BCUT2D eigenvalue weighted by Crippen LogP contribution is -2.35. The van der Waals surface area contributed by atoms with E-state index in [4.69, 9.17) is 0 Å². The summed E-state index contributed by atoms with van der Waals surface area (Å²) in [6, 6.07) is 0.589. The van der Waals surface area contributed by atoms with Gasteiger partial charge in [-0.15, -0.1) is 0 Å². The molecule has 0 radical (unpaired) electrons. The molecule has 0 atom stereocenters. The van der Waals surface area contributed by atoms with Crippen molar-refractivity contribution in [3.05, 3.63) is 0 Å². The van der Waals surface area contributed by atoms with Gasteiger partial charge in [-0.25, -0.2) is 4.39 Å². The first-order valence-corrected chi connectivity index (χ1v) is 5.53. The Labute approximate surface area is 81.1 Å². The second-order valence-corrected chi connectivity index (χ2v) is 4.50. The standard InChI is InChI=1S/C11H22FN/c1-9(2)10-3-5-11(6-4-10)13-8-7-12/h9-11,13H,3-8H2,1-2H3. The highest BCUT2D eigenvalue weighted by atomic mass is 19.1. The Bertz CT molecular complexity index is 128. The summed E-state index contributed by atoms with van der Waals surface area (Å²) in [4.78, 5) is 0. The van der Waals surface area contributed by atoms with E-state index in [1.807, 2.05) is 0 Å². The largest absolute Gasteiger partial charge is 0.311 e. The fourth-order valence-electron chi connectivity index (χ4n) is 2.25. The van der Waals surface area contributed by atoms with Gasteiger partial charge in [0, 0.05) is 12.6 Å². The molecule has 1 saturated carbocycles. The molecule has 1 fully saturated rings. The van der Waals surface area contributed by atoms with Gasteiger partial charge in [-0.2, -0.15) is 0 Å². The van der Waals surface area contributed by atoms with Crippen molar-refractivity contribution in [1.29, 1.82) is 0 Å². The van der Waals surface area contributed by atoms with Gasteiger partial charge in [0.25, 0.3) is 0 Å². The van der Waals surface area contributed by atoms with E-state index < -0.39 is 0 Å². The lowest BCUT2D eigenvalue weighted by molar-refractivity contribution is 0.236. The summed E-state index contributed by atoms with van der Waals surface area (Å²) in [6.45, 7) is 4.92. The molecule has 1 N–H and O–H groups in total. The second-order valence-electron chi connectivity index (χ2n) is 4.50. The van der Waals surface area contributed by atoms with Crippen LogP contribution in [0.3, 0.4) is 0 Å². The van der Waals surface area contributed by atoms with Crippen molar-refractivity contribution in [2.75, 3.05) is 13.2 Å². The van der Waals surface area contributed by atoms with E-state index in [2.05, 4.69) is 19.2 Å². The zero-order valence-electron chi connectivity index (χ0n) is 8.85. The number of hydrogen-bond acceptors (Lipinski definition) is 1. The Morgan fingerprint density at radius 2 is 1.85 bits per heavy atom. The Morgan fingerprint density at radius 3 is 2.31 bits per heavy atom. The maximum atomic E-state index is 11.9. The molecule has 78 valence electrons. The molecule has 0 unspecified atom stereocenters. The quantitative estimate of drug-likeness (QED) is 0.713. The van der Waals surface area contributed by atoms with Crippen LogP contribution in [-0.4, -0.2) is 19.3 Å². The van der Waals surface area contributed by atoms with Gasteiger partial charge in [-0.3, -0.25) is 0 Å². The molecular formula is C11H22FN. The average molecular weight is 187 g/mol. The molecule has 0 bridgehead atoms. The van der Waals surface area contributed by atoms with Crippen LogP contribution in [0.15, 0.2) is 0 Å². The number of hydrogen-bond donors (Lipinski definition) is 1. The highest BCUT2D eigenvalue weighted by Crippen LogP contribution is 2.29. The van der Waals surface area contributed by atoms with Crippen molar-refractivity contribution in [3.63, 3.8) is 0 Å². The van der Waals surface area contributed by atoms with Crippen LogP contribution >= 0.6 is 0 Å². The summed E-state index contributed by atoms with van der Waals surface area (Å²) in [5, 5.41) is 3.26. The monoisotopic (exact) mass is 187 g/mol. The number of alkyl halides is 1. The van der Waals surface area contributed by atoms with Gasteiger partial charge in [0.2, 0.25) is 0 Å². The van der Waals surface area contributed by atoms with E-state index in [1.54, 1.807) is 0 Å². The fourth-order valence-corrected chi connectivity index (χ4v) is 2.25. The zero-order chi connectivity index (χ0) is 9.68. The molecule has 0 saturated heterocycles. The van der Waals surface area contributed by atoms with E-state index in [0.29, 0.717) is 12.6 Å². The van der Waals surface area contributed by atoms with E-state index in [1.165, 1.54) is 25.7 Å². The fraction of sp³-hybridized carbons (Fsp3) is 1.00. The van der Waals surface area contributed by atoms with Crippen LogP contribution in [-0.2, 0) is 0 Å². The van der Waals surface area contributed by atoms with Gasteiger partial charge in [-0.1, -0.05) is 13.8 Å². The Balaban J connectivity index is 2.15. The molecule has 1 aliphatic carbocycles. The molecule has 0 spiro atoms. The van der Waals surface area contributed by atoms with Crippen LogP contribution in [0.4, 0.5) is 4.39 Å². The Hall–Kier alpha value is -0.110. The Morgan fingerprint density at radius 1 is 1.23 bits per heavy atom. The van der Waals surface area contributed by atoms with Crippen molar-refractivity contribution in [3.8, 4) is 0 Å². The summed E-state index contributed by atoms with van der Waals surface area (Å²) in [6.07, 6.45) is 5.12. The maximum absolute atomic E-state index is 11.9. The zero-order valence-corrected chi connectivity index (χ0v) is 8.85. The molecular weight excluding hydrogens is 165 g/mol. The van der Waals surface area contributed by atoms with Gasteiger partial charge in [0.1, 0.15) is 6.67 Å². The molecule has 0 heterocycles. The minimum absolute atomic E-state index is 0.232. The maximum Gasteiger partial charge on any atom is 0.102 e. The predicted molar refractivity (Wildman–Crippen MR) is 54.6 cm³/mol. The highest BCUT2D eigenvalue weighted by molar-refractivity contribution is 4.78. The van der Waals surface area contributed by atoms with Crippen molar-refractivity contribution >= 4 is 0 Å². The Kier molecular flexibility index (Phi) is 4.71. The van der Waals surface area contributed by atoms with Crippen molar-refractivity contribution in [2.45, 2.75) is 45.6 Å². The minimum atomic E-state index is -0.232. The molecule has 0 aromatic carbocycles. The first-order valence-electron chi connectivity index (χ1n) is 5.53. The number of rotatable bonds is 4. The van der Waals surface area contributed by atoms with E-state index in [0.717, 1.165) is 11.8 Å². The molecule has 0 aliphatic heterocycles. The first kappa shape index (κ1) is 11.0. The van der Waals surface area contributed by atoms with Crippen LogP contribution in [0.2, 0.25) is 0 Å². The smallest absolute Gasteiger partial charge is 0.102 e. The van der Waals surface area contributed by atoms with E-state index >= 15 is 0 Å². The average Bonchev–Trinajstić information content (AvgIpc) is 2.15. The van der Waals surface area contributed by atoms with Crippen molar-refractivity contribution in [2.24, 2.45) is 11.8 Å². The normalized spacial score (nSPS) is 29.5. The first-order chi connectivity index (χ1) is 6.24. The summed E-state index contributed by atoms with van der Waals surface area (Å²) >= 11 is 0. The third kappa shape index (κ3) is 3.63. The van der Waals surface area contributed by atoms with Gasteiger partial charge in [0.15, 0.2) is 0 Å². The summed E-state index contributed by atoms with van der Waals surface area (Å²) in [5.41, 5.74) is 0. The van der Waals surface area contributed by atoms with Crippen LogP contribution in [0, 0.1) is 11.8 Å².